The molecule has 4 aromatic rings. The number of hydrogen-bond acceptors (Lipinski definition) is 9. The van der Waals surface area contributed by atoms with Crippen molar-refractivity contribution in [3.63, 3.8) is 0 Å². The molecule has 10 nitrogen and oxygen atoms in total. The van der Waals surface area contributed by atoms with Crippen LogP contribution in [0.4, 0.5) is 5.95 Å². The number of nitrogens with one attached hydrogen (secondary N) is 1. The topological polar surface area (TPSA) is 118 Å². The van der Waals surface area contributed by atoms with Crippen molar-refractivity contribution >= 4 is 17.1 Å². The zero-order valence-corrected chi connectivity index (χ0v) is 17.6. The molecule has 0 aliphatic carbocycles. The molecule has 0 amide bonds. The number of benzene rings is 1. The molecule has 1 saturated heterocycles. The fraction of sp³-hybridized carbons (Fsp3) is 0.333. The summed E-state index contributed by atoms with van der Waals surface area (Å²) < 4.78 is 0. The Morgan fingerprint density at radius 1 is 1.00 bits per heavy atom. The van der Waals surface area contributed by atoms with E-state index in [0.29, 0.717) is 40.6 Å². The van der Waals surface area contributed by atoms with E-state index in [0.717, 1.165) is 24.2 Å². The minimum atomic E-state index is 0.0896. The van der Waals surface area contributed by atoms with Crippen LogP contribution in [0.15, 0.2) is 36.5 Å². The minimum Gasteiger partial charge on any atom is -0.507 e. The van der Waals surface area contributed by atoms with Crippen molar-refractivity contribution in [2.24, 2.45) is 7.05 Å². The summed E-state index contributed by atoms with van der Waals surface area (Å²) in [5.41, 5.74) is 3.85. The minimum absolute atomic E-state index is 0.0896. The second-order valence-corrected chi connectivity index (χ2v) is 7.98. The van der Waals surface area contributed by atoms with E-state index in [1.54, 1.807) is 25.4 Å². The Hall–Kier alpha value is -3.66. The Morgan fingerprint density at radius 3 is 2.52 bits per heavy atom. The molecule has 10 heteroatoms. The molecular formula is C21H23N9O. The first-order valence-electron chi connectivity index (χ1n) is 10.2. The number of fused-ring (bicyclic) bond motifs is 1. The second kappa shape index (κ2) is 7.55. The molecule has 1 aromatic carbocycles. The number of hydrogen-bond donors (Lipinski definition) is 2. The van der Waals surface area contributed by atoms with Gasteiger partial charge in [-0.25, -0.2) is 9.97 Å². The molecule has 1 fully saturated rings. The number of pyridine rings is 1. The van der Waals surface area contributed by atoms with Crippen LogP contribution in [0.1, 0.15) is 13.8 Å². The SMILES string of the molecule is CC1CN(c2ncc(-c3ccc(-c4ccc5nn(C)nc5n4)cc3O)nn2)CC(C)N1. The first-order valence-corrected chi connectivity index (χ1v) is 10.2. The van der Waals surface area contributed by atoms with Gasteiger partial charge in [-0.2, -0.15) is 9.90 Å². The van der Waals surface area contributed by atoms with Gasteiger partial charge in [-0.15, -0.1) is 15.3 Å². The van der Waals surface area contributed by atoms with Gasteiger partial charge in [0, 0.05) is 43.3 Å². The van der Waals surface area contributed by atoms with Crippen molar-refractivity contribution < 1.29 is 5.11 Å². The fourth-order valence-corrected chi connectivity index (χ4v) is 4.00. The van der Waals surface area contributed by atoms with Crippen LogP contribution in [0.25, 0.3) is 33.7 Å². The van der Waals surface area contributed by atoms with Crippen molar-refractivity contribution in [2.45, 2.75) is 25.9 Å². The summed E-state index contributed by atoms with van der Waals surface area (Å²) in [6.07, 6.45) is 1.65. The van der Waals surface area contributed by atoms with E-state index in [1.807, 2.05) is 18.2 Å². The Balaban J connectivity index is 1.40. The molecule has 5 rings (SSSR count). The van der Waals surface area contributed by atoms with Gasteiger partial charge in [-0.05, 0) is 38.1 Å². The average molecular weight is 417 g/mol. The predicted molar refractivity (Wildman–Crippen MR) is 116 cm³/mol. The fourth-order valence-electron chi connectivity index (χ4n) is 4.00. The monoisotopic (exact) mass is 417 g/mol. The van der Waals surface area contributed by atoms with Gasteiger partial charge in [0.25, 0.3) is 0 Å². The lowest BCUT2D eigenvalue weighted by Crippen LogP contribution is -2.54. The van der Waals surface area contributed by atoms with E-state index < -0.39 is 0 Å². The first-order chi connectivity index (χ1) is 15.0. The molecule has 3 aromatic heterocycles. The van der Waals surface area contributed by atoms with Crippen molar-refractivity contribution in [1.29, 1.82) is 0 Å². The van der Waals surface area contributed by atoms with Gasteiger partial charge in [0.05, 0.1) is 11.9 Å². The molecule has 158 valence electrons. The summed E-state index contributed by atoms with van der Waals surface area (Å²) in [7, 11) is 1.76. The number of piperazine rings is 1. The van der Waals surface area contributed by atoms with Crippen molar-refractivity contribution in [2.75, 3.05) is 18.0 Å². The molecular weight excluding hydrogens is 394 g/mol. The molecule has 0 spiro atoms. The maximum atomic E-state index is 10.6. The third-order valence-electron chi connectivity index (χ3n) is 5.31. The number of rotatable bonds is 3. The van der Waals surface area contributed by atoms with Gasteiger partial charge in [0.15, 0.2) is 0 Å². The number of phenols is 1. The molecule has 0 saturated carbocycles. The zero-order chi connectivity index (χ0) is 21.5. The molecule has 1 aliphatic rings. The van der Waals surface area contributed by atoms with Gasteiger partial charge >= 0.3 is 0 Å². The Labute approximate surface area is 179 Å². The van der Waals surface area contributed by atoms with Crippen molar-refractivity contribution in [1.82, 2.24) is 40.5 Å². The highest BCUT2D eigenvalue weighted by molar-refractivity contribution is 5.77. The number of aromatic nitrogens is 7. The number of aryl methyl sites for hydroxylation is 1. The third-order valence-corrected chi connectivity index (χ3v) is 5.31. The van der Waals surface area contributed by atoms with Crippen LogP contribution in [0, 0.1) is 0 Å². The quantitative estimate of drug-likeness (QED) is 0.514. The van der Waals surface area contributed by atoms with Gasteiger partial charge in [0.1, 0.15) is 17.0 Å². The van der Waals surface area contributed by atoms with Crippen LogP contribution in [0.2, 0.25) is 0 Å². The van der Waals surface area contributed by atoms with E-state index in [-0.39, 0.29) is 5.75 Å². The highest BCUT2D eigenvalue weighted by Crippen LogP contribution is 2.32. The highest BCUT2D eigenvalue weighted by atomic mass is 16.3. The molecule has 0 bridgehead atoms. The van der Waals surface area contributed by atoms with Crippen LogP contribution in [0.5, 0.6) is 5.75 Å². The number of aromatic hydroxyl groups is 1. The Bertz CT molecular complexity index is 1230. The molecule has 31 heavy (non-hydrogen) atoms. The van der Waals surface area contributed by atoms with E-state index in [9.17, 15) is 5.11 Å². The largest absolute Gasteiger partial charge is 0.507 e. The van der Waals surface area contributed by atoms with Crippen LogP contribution in [0.3, 0.4) is 0 Å². The normalized spacial score (nSPS) is 19.1. The molecule has 0 radical (unpaired) electrons. The summed E-state index contributed by atoms with van der Waals surface area (Å²) in [5.74, 6) is 0.688. The average Bonchev–Trinajstić information content (AvgIpc) is 3.12. The number of nitrogens with zero attached hydrogens (tertiary/aromatic N) is 8. The standard InChI is InChI=1S/C21H23N9O/c1-12-10-30(11-13(2)23-12)21-22-9-18(25-26-21)15-5-4-14(8-19(15)31)16-6-7-17-20(24-16)28-29(3)27-17/h4-9,12-13,23,31H,10-11H2,1-3H3. The number of phenolic OH excluding ortho intramolecular Hbond substituents is 1. The van der Waals surface area contributed by atoms with Crippen LogP contribution in [-0.4, -0.2) is 65.4 Å². The maximum Gasteiger partial charge on any atom is 0.245 e. The van der Waals surface area contributed by atoms with Gasteiger partial charge in [-0.1, -0.05) is 6.07 Å². The van der Waals surface area contributed by atoms with E-state index in [1.165, 1.54) is 4.80 Å². The van der Waals surface area contributed by atoms with E-state index in [2.05, 4.69) is 54.4 Å². The lowest BCUT2D eigenvalue weighted by atomic mass is 10.1. The lowest BCUT2D eigenvalue weighted by Gasteiger charge is -2.35. The Morgan fingerprint density at radius 2 is 1.81 bits per heavy atom. The van der Waals surface area contributed by atoms with E-state index >= 15 is 0 Å². The first kappa shape index (κ1) is 19.3. The summed E-state index contributed by atoms with van der Waals surface area (Å²) in [4.78, 5) is 12.6. The lowest BCUT2D eigenvalue weighted by molar-refractivity contribution is 0.402. The summed E-state index contributed by atoms with van der Waals surface area (Å²) in [6, 6.07) is 9.78. The van der Waals surface area contributed by atoms with Crippen LogP contribution in [-0.2, 0) is 7.05 Å². The Kier molecular flexibility index (Phi) is 4.70. The zero-order valence-electron chi connectivity index (χ0n) is 17.6. The van der Waals surface area contributed by atoms with Gasteiger partial charge in [0.2, 0.25) is 11.6 Å². The maximum absolute atomic E-state index is 10.6. The molecule has 1 aliphatic heterocycles. The molecule has 4 heterocycles. The highest BCUT2D eigenvalue weighted by Gasteiger charge is 2.23. The van der Waals surface area contributed by atoms with Crippen molar-refractivity contribution in [3.05, 3.63) is 36.5 Å². The smallest absolute Gasteiger partial charge is 0.245 e. The van der Waals surface area contributed by atoms with Gasteiger partial charge < -0.3 is 15.3 Å². The second-order valence-electron chi connectivity index (χ2n) is 7.98. The molecule has 2 atom stereocenters. The van der Waals surface area contributed by atoms with Gasteiger partial charge in [-0.3, -0.25) is 0 Å². The van der Waals surface area contributed by atoms with Crippen molar-refractivity contribution in [3.8, 4) is 28.3 Å². The third kappa shape index (κ3) is 3.77. The molecule has 2 unspecified atom stereocenters. The summed E-state index contributed by atoms with van der Waals surface area (Å²) >= 11 is 0. The van der Waals surface area contributed by atoms with Crippen LogP contribution >= 0.6 is 0 Å². The summed E-state index contributed by atoms with van der Waals surface area (Å²) in [6.45, 7) is 5.94. The number of anilines is 1. The summed E-state index contributed by atoms with van der Waals surface area (Å²) in [5, 5.41) is 31.2. The van der Waals surface area contributed by atoms with E-state index in [4.69, 9.17) is 0 Å². The molecule has 2 N–H and O–H groups in total. The predicted octanol–water partition coefficient (Wildman–Crippen LogP) is 1.77. The van der Waals surface area contributed by atoms with Crippen LogP contribution < -0.4 is 10.2 Å².